The number of piperidine rings is 1. The minimum atomic E-state index is -4.76. The normalized spacial score (nSPS) is 16.4. The van der Waals surface area contributed by atoms with E-state index in [1.54, 1.807) is 12.1 Å². The summed E-state index contributed by atoms with van der Waals surface area (Å²) in [7, 11) is -4.13. The van der Waals surface area contributed by atoms with Crippen molar-refractivity contribution in [1.82, 2.24) is 4.31 Å². The Kier molecular flexibility index (Phi) is 6.45. The fraction of sp³-hybridized carbons (Fsp3) is 0.350. The number of carbonyl (C=O) groups is 1. The molecule has 0 unspecified atom stereocenters. The number of amides is 1. The highest BCUT2D eigenvalue weighted by Crippen LogP contribution is 2.36. The summed E-state index contributed by atoms with van der Waals surface area (Å²) in [5.41, 5.74) is 0.515. The van der Waals surface area contributed by atoms with Crippen LogP contribution in [0.3, 0.4) is 0 Å². The Morgan fingerprint density at radius 1 is 1.10 bits per heavy atom. The minimum absolute atomic E-state index is 0.0400. The third kappa shape index (κ3) is 4.96. The van der Waals surface area contributed by atoms with Crippen LogP contribution in [0.2, 0.25) is 5.02 Å². The van der Waals surface area contributed by atoms with E-state index in [-0.39, 0.29) is 37.8 Å². The monoisotopic (exact) mass is 460 g/mol. The number of nitrogens with zero attached hydrogens (tertiary/aromatic N) is 1. The third-order valence-electron chi connectivity index (χ3n) is 5.02. The van der Waals surface area contributed by atoms with Crippen molar-refractivity contribution in [3.8, 4) is 0 Å². The molecule has 5 nitrogen and oxygen atoms in total. The molecule has 1 fully saturated rings. The van der Waals surface area contributed by atoms with E-state index in [4.69, 9.17) is 11.6 Å². The Morgan fingerprint density at radius 3 is 2.27 bits per heavy atom. The van der Waals surface area contributed by atoms with Crippen LogP contribution in [0, 0.1) is 12.8 Å². The summed E-state index contributed by atoms with van der Waals surface area (Å²) >= 11 is 5.57. The van der Waals surface area contributed by atoms with E-state index in [0.717, 1.165) is 22.0 Å². The second-order valence-corrected chi connectivity index (χ2v) is 9.52. The van der Waals surface area contributed by atoms with Gasteiger partial charge in [-0.3, -0.25) is 4.79 Å². The van der Waals surface area contributed by atoms with E-state index >= 15 is 0 Å². The van der Waals surface area contributed by atoms with Crippen molar-refractivity contribution >= 4 is 33.2 Å². The Morgan fingerprint density at radius 2 is 1.70 bits per heavy atom. The fourth-order valence-electron chi connectivity index (χ4n) is 3.27. The lowest BCUT2D eigenvalue weighted by molar-refractivity contribution is -0.137. The van der Waals surface area contributed by atoms with Crippen LogP contribution in [-0.2, 0) is 21.0 Å². The Hall–Kier alpha value is -2.10. The van der Waals surface area contributed by atoms with Crippen molar-refractivity contribution in [1.29, 1.82) is 0 Å². The van der Waals surface area contributed by atoms with Gasteiger partial charge >= 0.3 is 6.18 Å². The zero-order valence-electron chi connectivity index (χ0n) is 16.0. The summed E-state index contributed by atoms with van der Waals surface area (Å²) in [5, 5.41) is 2.25. The lowest BCUT2D eigenvalue weighted by atomic mass is 9.97. The van der Waals surface area contributed by atoms with Crippen LogP contribution in [0.4, 0.5) is 18.9 Å². The van der Waals surface area contributed by atoms with Crippen LogP contribution >= 0.6 is 11.6 Å². The lowest BCUT2D eigenvalue weighted by Gasteiger charge is -2.30. The molecule has 2 aromatic rings. The number of alkyl halides is 3. The molecule has 1 saturated heterocycles. The van der Waals surface area contributed by atoms with E-state index in [9.17, 15) is 26.4 Å². The molecule has 1 N–H and O–H groups in total. The van der Waals surface area contributed by atoms with Crippen molar-refractivity contribution in [3.05, 3.63) is 58.6 Å². The summed E-state index contributed by atoms with van der Waals surface area (Å²) < 4.78 is 65.9. The zero-order chi connectivity index (χ0) is 22.1. The molecule has 0 saturated carbocycles. The highest BCUT2D eigenvalue weighted by atomic mass is 35.5. The molecule has 30 heavy (non-hydrogen) atoms. The lowest BCUT2D eigenvalue weighted by Crippen LogP contribution is -2.41. The highest BCUT2D eigenvalue weighted by molar-refractivity contribution is 7.89. The van der Waals surface area contributed by atoms with Gasteiger partial charge in [-0.15, -0.1) is 0 Å². The molecule has 162 valence electrons. The molecular formula is C20H20ClF3N2O3S. The second-order valence-electron chi connectivity index (χ2n) is 7.17. The van der Waals surface area contributed by atoms with Crippen LogP contribution in [0.15, 0.2) is 47.4 Å². The van der Waals surface area contributed by atoms with Gasteiger partial charge in [0.05, 0.1) is 15.5 Å². The van der Waals surface area contributed by atoms with Crippen molar-refractivity contribution in [2.75, 3.05) is 18.4 Å². The minimum Gasteiger partial charge on any atom is -0.326 e. The number of nitrogens with one attached hydrogen (secondary N) is 1. The van der Waals surface area contributed by atoms with Gasteiger partial charge in [-0.1, -0.05) is 29.3 Å². The fourth-order valence-corrected chi connectivity index (χ4v) is 4.99. The van der Waals surface area contributed by atoms with Gasteiger partial charge in [-0.25, -0.2) is 8.42 Å². The van der Waals surface area contributed by atoms with E-state index in [1.165, 1.54) is 0 Å². The summed E-state index contributed by atoms with van der Waals surface area (Å²) in [6, 6.07) is 9.84. The number of aryl methyl sites for hydroxylation is 1. The van der Waals surface area contributed by atoms with E-state index in [1.807, 2.05) is 19.1 Å². The van der Waals surface area contributed by atoms with Crippen LogP contribution in [0.25, 0.3) is 0 Å². The van der Waals surface area contributed by atoms with Crippen LogP contribution in [-0.4, -0.2) is 31.7 Å². The first kappa shape index (κ1) is 22.6. The quantitative estimate of drug-likeness (QED) is 0.718. The van der Waals surface area contributed by atoms with E-state index < -0.39 is 31.7 Å². The van der Waals surface area contributed by atoms with E-state index in [2.05, 4.69) is 5.32 Å². The second kappa shape index (κ2) is 8.56. The summed E-state index contributed by atoms with van der Waals surface area (Å²) in [6.45, 7) is 2.01. The molecule has 0 bridgehead atoms. The van der Waals surface area contributed by atoms with Gasteiger partial charge in [0.15, 0.2) is 0 Å². The first-order valence-corrected chi connectivity index (χ1v) is 11.0. The molecule has 1 heterocycles. The van der Waals surface area contributed by atoms with E-state index in [0.29, 0.717) is 11.8 Å². The van der Waals surface area contributed by atoms with Crippen LogP contribution < -0.4 is 5.32 Å². The number of halogens is 4. The Balaban J connectivity index is 1.68. The molecule has 1 aliphatic heterocycles. The van der Waals surface area contributed by atoms with Crippen molar-refractivity contribution in [2.45, 2.75) is 30.8 Å². The van der Waals surface area contributed by atoms with Gasteiger partial charge in [-0.05, 0) is 50.1 Å². The van der Waals surface area contributed by atoms with Crippen molar-refractivity contribution in [3.63, 3.8) is 0 Å². The molecule has 1 amide bonds. The standard InChI is InChI=1S/C20H20ClF3N2O3S/c1-13-2-4-15(5-3-13)25-19(27)14-8-10-26(11-9-14)30(28,29)16-6-7-18(21)17(12-16)20(22,23)24/h2-7,12,14H,8-11H2,1H3,(H,25,27). The molecule has 2 aromatic carbocycles. The van der Waals surface area contributed by atoms with Crippen molar-refractivity contribution in [2.24, 2.45) is 5.92 Å². The molecular weight excluding hydrogens is 441 g/mol. The van der Waals surface area contributed by atoms with Gasteiger partial charge in [0.2, 0.25) is 15.9 Å². The maximum atomic E-state index is 13.1. The van der Waals surface area contributed by atoms with Gasteiger partial charge in [-0.2, -0.15) is 17.5 Å². The molecule has 10 heteroatoms. The largest absolute Gasteiger partial charge is 0.417 e. The smallest absolute Gasteiger partial charge is 0.326 e. The van der Waals surface area contributed by atoms with Gasteiger partial charge in [0.25, 0.3) is 0 Å². The summed E-state index contributed by atoms with van der Waals surface area (Å²) in [6.07, 6.45) is -4.21. The average Bonchev–Trinajstić information content (AvgIpc) is 2.69. The number of sulfonamides is 1. The molecule has 0 aliphatic carbocycles. The number of hydrogen-bond acceptors (Lipinski definition) is 3. The molecule has 1 aliphatic rings. The number of carbonyl (C=O) groups excluding carboxylic acids is 1. The summed E-state index contributed by atoms with van der Waals surface area (Å²) in [5.74, 6) is -0.588. The average molecular weight is 461 g/mol. The zero-order valence-corrected chi connectivity index (χ0v) is 17.6. The number of rotatable bonds is 4. The van der Waals surface area contributed by atoms with Crippen LogP contribution in [0.5, 0.6) is 0 Å². The maximum absolute atomic E-state index is 13.1. The van der Waals surface area contributed by atoms with Gasteiger partial charge in [0, 0.05) is 24.7 Å². The SMILES string of the molecule is Cc1ccc(NC(=O)C2CCN(S(=O)(=O)c3ccc(Cl)c(C(F)(F)F)c3)CC2)cc1. The maximum Gasteiger partial charge on any atom is 0.417 e. The predicted molar refractivity (Wildman–Crippen MR) is 108 cm³/mol. The predicted octanol–water partition coefficient (Wildman–Crippen LogP) is 4.71. The molecule has 0 aromatic heterocycles. The van der Waals surface area contributed by atoms with Gasteiger partial charge in [0.1, 0.15) is 0 Å². The third-order valence-corrected chi connectivity index (χ3v) is 7.25. The van der Waals surface area contributed by atoms with Gasteiger partial charge < -0.3 is 5.32 Å². The topological polar surface area (TPSA) is 66.5 Å². The summed E-state index contributed by atoms with van der Waals surface area (Å²) in [4.78, 5) is 12.0. The van der Waals surface area contributed by atoms with Crippen molar-refractivity contribution < 1.29 is 26.4 Å². The Bertz CT molecular complexity index is 1030. The molecule has 3 rings (SSSR count). The number of hydrogen-bond donors (Lipinski definition) is 1. The first-order chi connectivity index (χ1) is 14.0. The molecule has 0 atom stereocenters. The Labute approximate surface area is 177 Å². The number of benzene rings is 2. The highest BCUT2D eigenvalue weighted by Gasteiger charge is 2.37. The first-order valence-electron chi connectivity index (χ1n) is 9.23. The van der Waals surface area contributed by atoms with Crippen LogP contribution in [0.1, 0.15) is 24.0 Å². The number of anilines is 1. The molecule has 0 spiro atoms. The molecule has 0 radical (unpaired) electrons.